The molecular formula is C18H13BrN4O3. The van der Waals surface area contributed by atoms with E-state index in [0.29, 0.717) is 21.5 Å². The van der Waals surface area contributed by atoms with E-state index in [9.17, 15) is 14.9 Å². The maximum absolute atomic E-state index is 12.4. The number of para-hydroxylation sites is 1. The van der Waals surface area contributed by atoms with Crippen molar-refractivity contribution in [2.75, 3.05) is 10.6 Å². The molecule has 0 unspecified atom stereocenters. The van der Waals surface area contributed by atoms with Gasteiger partial charge in [0.05, 0.1) is 4.92 Å². The van der Waals surface area contributed by atoms with Crippen LogP contribution in [0.2, 0.25) is 0 Å². The Kier molecular flexibility index (Phi) is 5.23. The number of hydrogen-bond acceptors (Lipinski definition) is 5. The first-order chi connectivity index (χ1) is 12.5. The molecule has 0 aliphatic rings. The van der Waals surface area contributed by atoms with Crippen molar-refractivity contribution < 1.29 is 9.72 Å². The minimum absolute atomic E-state index is 0.160. The number of halogens is 1. The van der Waals surface area contributed by atoms with E-state index in [0.717, 1.165) is 0 Å². The molecule has 0 aliphatic heterocycles. The van der Waals surface area contributed by atoms with Crippen molar-refractivity contribution in [2.45, 2.75) is 0 Å². The highest BCUT2D eigenvalue weighted by molar-refractivity contribution is 9.10. The fraction of sp³-hybridized carbons (Fsp3) is 0. The van der Waals surface area contributed by atoms with Crippen molar-refractivity contribution in [1.82, 2.24) is 4.98 Å². The zero-order chi connectivity index (χ0) is 18.5. The van der Waals surface area contributed by atoms with Crippen LogP contribution in [0.25, 0.3) is 0 Å². The lowest BCUT2D eigenvalue weighted by Gasteiger charge is -2.10. The maximum atomic E-state index is 12.4. The summed E-state index contributed by atoms with van der Waals surface area (Å²) in [6.07, 6.45) is 1.17. The lowest BCUT2D eigenvalue weighted by molar-refractivity contribution is -0.384. The van der Waals surface area contributed by atoms with E-state index in [4.69, 9.17) is 0 Å². The Morgan fingerprint density at radius 2 is 1.77 bits per heavy atom. The van der Waals surface area contributed by atoms with Crippen LogP contribution in [0.5, 0.6) is 0 Å². The fourth-order valence-electron chi connectivity index (χ4n) is 2.29. The van der Waals surface area contributed by atoms with Gasteiger partial charge >= 0.3 is 5.69 Å². The second kappa shape index (κ2) is 7.75. The highest BCUT2D eigenvalue weighted by Gasteiger charge is 2.15. The van der Waals surface area contributed by atoms with Gasteiger partial charge in [-0.3, -0.25) is 14.9 Å². The van der Waals surface area contributed by atoms with Crippen LogP contribution in [0, 0.1) is 10.1 Å². The van der Waals surface area contributed by atoms with Gasteiger partial charge < -0.3 is 10.6 Å². The van der Waals surface area contributed by atoms with Crippen molar-refractivity contribution in [3.05, 3.63) is 87.1 Å². The van der Waals surface area contributed by atoms with Gasteiger partial charge in [0.1, 0.15) is 16.5 Å². The first kappa shape index (κ1) is 17.6. The van der Waals surface area contributed by atoms with Crippen LogP contribution in [0.1, 0.15) is 10.4 Å². The summed E-state index contributed by atoms with van der Waals surface area (Å²) in [6, 6.07) is 17.3. The maximum Gasteiger partial charge on any atom is 0.310 e. The molecule has 26 heavy (non-hydrogen) atoms. The minimum Gasteiger partial charge on any atom is -0.350 e. The average Bonchev–Trinajstić information content (AvgIpc) is 2.62. The smallest absolute Gasteiger partial charge is 0.310 e. The van der Waals surface area contributed by atoms with E-state index < -0.39 is 4.92 Å². The predicted molar refractivity (Wildman–Crippen MR) is 103 cm³/mol. The summed E-state index contributed by atoms with van der Waals surface area (Å²) in [5.74, 6) is -0.273. The summed E-state index contributed by atoms with van der Waals surface area (Å²) in [5, 5.41) is 16.9. The summed E-state index contributed by atoms with van der Waals surface area (Å²) in [7, 11) is 0. The zero-order valence-electron chi connectivity index (χ0n) is 13.3. The Bertz CT molecular complexity index is 964. The van der Waals surface area contributed by atoms with E-state index in [1.165, 1.54) is 12.3 Å². The number of nitro groups is 1. The molecule has 1 heterocycles. The van der Waals surface area contributed by atoms with E-state index in [1.54, 1.807) is 36.4 Å². The number of anilines is 3. The largest absolute Gasteiger partial charge is 0.350 e. The third-order valence-corrected chi connectivity index (χ3v) is 3.92. The standard InChI is InChI=1S/C18H13BrN4O3/c19-17-10-15(16(11-20-17)23(25)26)21-14-8-4-5-12(9-14)18(24)22-13-6-2-1-3-7-13/h1-11H,(H,20,21)(H,22,24). The van der Waals surface area contributed by atoms with Gasteiger partial charge in [-0.1, -0.05) is 24.3 Å². The molecule has 0 saturated carbocycles. The van der Waals surface area contributed by atoms with Gasteiger partial charge in [0.2, 0.25) is 0 Å². The Morgan fingerprint density at radius 3 is 2.50 bits per heavy atom. The molecule has 8 heteroatoms. The Hall–Kier alpha value is -3.26. The molecule has 1 amide bonds. The normalized spacial score (nSPS) is 10.2. The SMILES string of the molecule is O=C(Nc1ccccc1)c1cccc(Nc2cc(Br)ncc2[N+](=O)[O-])c1. The van der Waals surface area contributed by atoms with Crippen LogP contribution in [0.15, 0.2) is 71.5 Å². The van der Waals surface area contributed by atoms with Crippen LogP contribution >= 0.6 is 15.9 Å². The molecule has 3 rings (SSSR count). The number of rotatable bonds is 5. The second-order valence-electron chi connectivity index (χ2n) is 5.31. The Morgan fingerprint density at radius 1 is 1.04 bits per heavy atom. The zero-order valence-corrected chi connectivity index (χ0v) is 14.9. The van der Waals surface area contributed by atoms with Gasteiger partial charge in [-0.05, 0) is 46.3 Å². The van der Waals surface area contributed by atoms with Gasteiger partial charge in [0.25, 0.3) is 5.91 Å². The van der Waals surface area contributed by atoms with Crippen molar-refractivity contribution in [3.8, 4) is 0 Å². The number of hydrogen-bond donors (Lipinski definition) is 2. The molecule has 2 N–H and O–H groups in total. The van der Waals surface area contributed by atoms with Crippen molar-refractivity contribution in [3.63, 3.8) is 0 Å². The topological polar surface area (TPSA) is 97.2 Å². The van der Waals surface area contributed by atoms with E-state index in [2.05, 4.69) is 31.5 Å². The van der Waals surface area contributed by atoms with Crippen LogP contribution in [0.4, 0.5) is 22.7 Å². The molecule has 1 aromatic heterocycles. The van der Waals surface area contributed by atoms with E-state index in [1.807, 2.05) is 18.2 Å². The number of pyridine rings is 1. The molecule has 0 spiro atoms. The second-order valence-corrected chi connectivity index (χ2v) is 6.12. The molecule has 0 fully saturated rings. The molecule has 0 saturated heterocycles. The molecule has 2 aromatic carbocycles. The summed E-state index contributed by atoms with van der Waals surface area (Å²) >= 11 is 3.20. The number of nitrogens with one attached hydrogen (secondary N) is 2. The lowest BCUT2D eigenvalue weighted by atomic mass is 10.1. The molecule has 0 bridgehead atoms. The molecule has 3 aromatic rings. The molecular weight excluding hydrogens is 400 g/mol. The molecule has 0 atom stereocenters. The monoisotopic (exact) mass is 412 g/mol. The van der Waals surface area contributed by atoms with Crippen LogP contribution in [-0.2, 0) is 0 Å². The van der Waals surface area contributed by atoms with Gasteiger partial charge in [-0.2, -0.15) is 0 Å². The fourth-order valence-corrected chi connectivity index (χ4v) is 2.62. The molecule has 130 valence electrons. The molecule has 0 aliphatic carbocycles. The van der Waals surface area contributed by atoms with Crippen LogP contribution < -0.4 is 10.6 Å². The number of amides is 1. The first-order valence-corrected chi connectivity index (χ1v) is 8.35. The third-order valence-electron chi connectivity index (χ3n) is 3.48. The van der Waals surface area contributed by atoms with Gasteiger partial charge in [-0.25, -0.2) is 4.98 Å². The van der Waals surface area contributed by atoms with Crippen molar-refractivity contribution >= 4 is 44.6 Å². The molecule has 7 nitrogen and oxygen atoms in total. The minimum atomic E-state index is -0.520. The predicted octanol–water partition coefficient (Wildman–Crippen LogP) is 4.75. The van der Waals surface area contributed by atoms with E-state index in [-0.39, 0.29) is 17.3 Å². The van der Waals surface area contributed by atoms with E-state index >= 15 is 0 Å². The van der Waals surface area contributed by atoms with Gasteiger partial charge in [0.15, 0.2) is 0 Å². The number of carbonyl (C=O) groups is 1. The third kappa shape index (κ3) is 4.22. The Balaban J connectivity index is 1.83. The van der Waals surface area contributed by atoms with Gasteiger partial charge in [-0.15, -0.1) is 0 Å². The number of nitrogens with zero attached hydrogens (tertiary/aromatic N) is 2. The number of aromatic nitrogens is 1. The van der Waals surface area contributed by atoms with Crippen molar-refractivity contribution in [1.29, 1.82) is 0 Å². The van der Waals surface area contributed by atoms with Crippen LogP contribution in [-0.4, -0.2) is 15.8 Å². The summed E-state index contributed by atoms with van der Waals surface area (Å²) in [4.78, 5) is 26.9. The summed E-state index contributed by atoms with van der Waals surface area (Å²) in [6.45, 7) is 0. The first-order valence-electron chi connectivity index (χ1n) is 7.56. The molecule has 0 radical (unpaired) electrons. The van der Waals surface area contributed by atoms with Gasteiger partial charge in [0, 0.05) is 23.0 Å². The Labute approximate surface area is 157 Å². The average molecular weight is 413 g/mol. The summed E-state index contributed by atoms with van der Waals surface area (Å²) in [5.41, 5.74) is 1.77. The summed E-state index contributed by atoms with van der Waals surface area (Å²) < 4.78 is 0.462. The number of carbonyl (C=O) groups excluding carboxylic acids is 1. The quantitative estimate of drug-likeness (QED) is 0.358. The van der Waals surface area contributed by atoms with Crippen LogP contribution in [0.3, 0.4) is 0 Å². The highest BCUT2D eigenvalue weighted by atomic mass is 79.9. The number of benzene rings is 2. The van der Waals surface area contributed by atoms with Crippen molar-refractivity contribution in [2.24, 2.45) is 0 Å². The highest BCUT2D eigenvalue weighted by Crippen LogP contribution is 2.29. The lowest BCUT2D eigenvalue weighted by Crippen LogP contribution is -2.12.